The number of nitrogens with one attached hydrogen (secondary N) is 1. The predicted molar refractivity (Wildman–Crippen MR) is 20.7 cm³/mol. The van der Waals surface area contributed by atoms with Crippen molar-refractivity contribution in [3.8, 4) is 0 Å². The Kier molecular flexibility index (Phi) is 4.43. The molecule has 1 N–H and O–H groups in total. The topological polar surface area (TPSA) is 85.6 Å². The summed E-state index contributed by atoms with van der Waals surface area (Å²) < 4.78 is 2.67. The maximum atomic E-state index is 6.00. The van der Waals surface area contributed by atoms with Crippen molar-refractivity contribution in [2.75, 3.05) is 0 Å². The largest absolute Gasteiger partial charge is 0.183 e. The normalized spacial score (nSPS) is 11.0. The number of rotatable bonds is 2. The van der Waals surface area contributed by atoms with Gasteiger partial charge < -0.3 is 0 Å². The van der Waals surface area contributed by atoms with Crippen molar-refractivity contribution < 1.29 is 0 Å². The van der Waals surface area contributed by atoms with Crippen LogP contribution in [-0.2, 0) is 0 Å². The van der Waals surface area contributed by atoms with Crippen molar-refractivity contribution in [2.24, 2.45) is 25.5 Å². The molecule has 0 heterocycles. The molecular weight excluding hydrogens is 119 g/mol. The molecule has 0 aliphatic heterocycles. The molecule has 0 spiro atoms. The summed E-state index contributed by atoms with van der Waals surface area (Å²) in [5.74, 6) is 0. The van der Waals surface area contributed by atoms with Gasteiger partial charge in [-0.15, -0.1) is 0 Å². The van der Waals surface area contributed by atoms with Gasteiger partial charge in [0.2, 0.25) is 0 Å². The second-order valence-electron chi connectivity index (χ2n) is 0.444. The fourth-order valence-corrected chi connectivity index (χ4v) is 0.0832. The average Bonchev–Trinajstić information content (AvgIpc) is 1.69. The molecule has 0 aliphatic carbocycles. The highest BCUT2D eigenvalue weighted by atomic mass is 35.5. The van der Waals surface area contributed by atoms with E-state index in [0.29, 0.717) is 0 Å². The second kappa shape index (κ2) is 5.09. The molecule has 0 aromatic carbocycles. The molecule has 0 bridgehead atoms. The van der Waals surface area contributed by atoms with Crippen LogP contribution >= 0.6 is 11.8 Å². The van der Waals surface area contributed by atoms with Crippen molar-refractivity contribution in [2.45, 2.75) is 0 Å². The lowest BCUT2D eigenvalue weighted by atomic mass is 12.5. The molecule has 6 nitrogen and oxygen atoms in total. The van der Waals surface area contributed by atoms with Crippen LogP contribution in [0.1, 0.15) is 0 Å². The quantitative estimate of drug-likeness (QED) is 0.426. The second-order valence-corrected chi connectivity index (χ2v) is 0.595. The van der Waals surface area contributed by atoms with E-state index in [0.717, 1.165) is 0 Å². The Morgan fingerprint density at radius 2 is 1.86 bits per heavy atom. The van der Waals surface area contributed by atoms with Crippen LogP contribution < -0.4 is 0 Å². The lowest BCUT2D eigenvalue weighted by Crippen LogP contribution is -1.38. The van der Waals surface area contributed by atoms with E-state index >= 15 is 0 Å². The first-order valence-electron chi connectivity index (χ1n) is 1.19. The van der Waals surface area contributed by atoms with Gasteiger partial charge in [0.1, 0.15) is 0 Å². The van der Waals surface area contributed by atoms with E-state index in [1.807, 2.05) is 0 Å². The Morgan fingerprint density at radius 3 is 2.29 bits per heavy atom. The maximum absolute atomic E-state index is 6.00. The summed E-state index contributed by atoms with van der Waals surface area (Å²) in [6.07, 6.45) is 0. The third kappa shape index (κ3) is 5.09. The molecule has 0 radical (unpaired) electrons. The van der Waals surface area contributed by atoms with Crippen molar-refractivity contribution in [1.29, 1.82) is 5.53 Å². The Bertz CT molecular complexity index is 90.4. The lowest BCUT2D eigenvalue weighted by Gasteiger charge is -1.60. The zero-order valence-electron chi connectivity index (χ0n) is 3.11. The molecule has 0 aromatic heterocycles. The lowest BCUT2D eigenvalue weighted by molar-refractivity contribution is 0.836. The van der Waals surface area contributed by atoms with E-state index < -0.39 is 0 Å². The van der Waals surface area contributed by atoms with Crippen LogP contribution in [0.25, 0.3) is 0 Å². The Morgan fingerprint density at radius 1 is 1.14 bits per heavy atom. The van der Waals surface area contributed by atoms with Gasteiger partial charge in [0, 0.05) is 0 Å². The van der Waals surface area contributed by atoms with E-state index in [4.69, 9.17) is 5.53 Å². The average molecular weight is 121 g/mol. The van der Waals surface area contributed by atoms with Crippen molar-refractivity contribution in [1.82, 2.24) is 0 Å². The minimum Gasteiger partial charge on any atom is -0.183 e. The Labute approximate surface area is 43.9 Å². The summed E-state index contributed by atoms with van der Waals surface area (Å²) in [5, 5.41) is 10.8. The van der Waals surface area contributed by atoms with Gasteiger partial charge >= 0.3 is 0 Å². The third-order valence-corrected chi connectivity index (χ3v) is 0.226. The smallest absolute Gasteiger partial charge is 0.0622 e. The fourth-order valence-electron chi connectivity index (χ4n) is 0.0530. The van der Waals surface area contributed by atoms with E-state index in [-0.39, 0.29) is 0 Å². The van der Waals surface area contributed by atoms with E-state index in [1.54, 1.807) is 0 Å². The summed E-state index contributed by atoms with van der Waals surface area (Å²) in [6, 6.07) is 0. The molecular formula is HClN6. The first kappa shape index (κ1) is 6.09. The molecule has 0 fully saturated rings. The Hall–Kier alpha value is -0.910. The summed E-state index contributed by atoms with van der Waals surface area (Å²) in [4.78, 5) is 0. The highest BCUT2D eigenvalue weighted by molar-refractivity contribution is 6.13. The van der Waals surface area contributed by atoms with Gasteiger partial charge in [-0.2, -0.15) is 5.53 Å². The molecule has 0 saturated carbocycles. The summed E-state index contributed by atoms with van der Waals surface area (Å²) >= 11 is 4.64. The first-order chi connectivity index (χ1) is 3.41. The van der Waals surface area contributed by atoms with Gasteiger partial charge in [0.15, 0.2) is 0 Å². The molecule has 0 unspecified atom stereocenters. The maximum Gasteiger partial charge on any atom is 0.0622 e. The molecule has 0 aromatic rings. The zero-order valence-corrected chi connectivity index (χ0v) is 3.87. The summed E-state index contributed by atoms with van der Waals surface area (Å²) in [6.45, 7) is 0. The number of hydrogen-bond acceptors (Lipinski definition) is 2. The number of nitrogens with zero attached hydrogens (tertiary/aromatic N) is 5. The highest BCUT2D eigenvalue weighted by Gasteiger charge is 1.57. The molecule has 0 amide bonds. The standard InChI is InChI=1S/ClHN6/c1-3-5-7-6-4-2/h2H/b4-2?,5-3?,7-6+. The van der Waals surface area contributed by atoms with Crippen LogP contribution in [0.2, 0.25) is 0 Å². The zero-order chi connectivity index (χ0) is 5.54. The van der Waals surface area contributed by atoms with Crippen LogP contribution in [0.4, 0.5) is 0 Å². The van der Waals surface area contributed by atoms with Gasteiger partial charge in [-0.3, -0.25) is 0 Å². The Balaban J connectivity index is 3.27. The third-order valence-electron chi connectivity index (χ3n) is 0.159. The van der Waals surface area contributed by atoms with Gasteiger partial charge in [-0.25, -0.2) is 0 Å². The van der Waals surface area contributed by atoms with Crippen LogP contribution in [-0.4, -0.2) is 0 Å². The van der Waals surface area contributed by atoms with Gasteiger partial charge in [0.25, 0.3) is 0 Å². The highest BCUT2D eigenvalue weighted by Crippen LogP contribution is 1.81. The van der Waals surface area contributed by atoms with Crippen LogP contribution in [0.5, 0.6) is 0 Å². The minimum absolute atomic E-state index is 2.47. The van der Waals surface area contributed by atoms with E-state index in [9.17, 15) is 0 Å². The molecule has 0 saturated heterocycles. The van der Waals surface area contributed by atoms with Crippen LogP contribution in [0.3, 0.4) is 0 Å². The molecule has 0 aliphatic rings. The summed E-state index contributed by atoms with van der Waals surface area (Å²) in [7, 11) is 0. The van der Waals surface area contributed by atoms with Crippen molar-refractivity contribution >= 4 is 11.8 Å². The molecule has 7 heteroatoms. The van der Waals surface area contributed by atoms with Crippen molar-refractivity contribution in [3.05, 3.63) is 0 Å². The molecule has 0 rings (SSSR count). The van der Waals surface area contributed by atoms with Gasteiger partial charge in [0.05, 0.1) is 11.8 Å². The number of hydrogen-bond donors (Lipinski definition) is 1. The fraction of sp³-hybridized carbons (Fsp3) is 0. The van der Waals surface area contributed by atoms with Gasteiger partial charge in [-0.05, 0) is 20.9 Å². The molecule has 7 heavy (non-hydrogen) atoms. The monoisotopic (exact) mass is 120 g/mol. The molecule has 38 valence electrons. The predicted octanol–water partition coefficient (Wildman–Crippen LogP) is 1.91. The number of halogens is 1. The first-order valence-corrected chi connectivity index (χ1v) is 1.53. The van der Waals surface area contributed by atoms with E-state index in [1.165, 1.54) is 0 Å². The van der Waals surface area contributed by atoms with E-state index in [2.05, 4.69) is 37.3 Å². The minimum atomic E-state index is 2.47. The summed E-state index contributed by atoms with van der Waals surface area (Å²) in [5.41, 5.74) is 6.00. The van der Waals surface area contributed by atoms with Crippen LogP contribution in [0, 0.1) is 5.53 Å². The van der Waals surface area contributed by atoms with Gasteiger partial charge in [-0.1, -0.05) is 4.63 Å². The van der Waals surface area contributed by atoms with Crippen LogP contribution in [0.15, 0.2) is 25.5 Å². The SMILES string of the molecule is N=N/N=N/N=NCl. The molecule has 0 atom stereocenters. The van der Waals surface area contributed by atoms with Crippen molar-refractivity contribution in [3.63, 3.8) is 0 Å².